The molecule has 0 aliphatic heterocycles. The number of aromatic nitrogens is 1. The zero-order valence-corrected chi connectivity index (χ0v) is 13.2. The molecule has 2 aromatic carbocycles. The number of fused-ring (bicyclic) bond motifs is 1. The molecule has 0 unspecified atom stereocenters. The number of nitrogens with one attached hydrogen (secondary N) is 2. The number of nitrogens with zero attached hydrogens (tertiary/aromatic N) is 2. The Labute approximate surface area is 144 Å². The van der Waals surface area contributed by atoms with Crippen LogP contribution in [0.3, 0.4) is 0 Å². The Morgan fingerprint density at radius 3 is 2.36 bits per heavy atom. The second kappa shape index (κ2) is 7.23. The first-order valence-corrected chi connectivity index (χ1v) is 7.60. The van der Waals surface area contributed by atoms with Gasteiger partial charge in [-0.3, -0.25) is 9.59 Å². The Balaban J connectivity index is 1.82. The monoisotopic (exact) mass is 330 g/mol. The van der Waals surface area contributed by atoms with E-state index in [-0.39, 0.29) is 18.0 Å². The first-order valence-electron chi connectivity index (χ1n) is 7.60. The van der Waals surface area contributed by atoms with Gasteiger partial charge in [0.2, 0.25) is 5.91 Å². The lowest BCUT2D eigenvalue weighted by Gasteiger charge is -2.11. The van der Waals surface area contributed by atoms with Crippen molar-refractivity contribution in [2.45, 2.75) is 6.42 Å². The van der Waals surface area contributed by atoms with E-state index in [1.54, 1.807) is 36.4 Å². The Bertz CT molecular complexity index is 992. The molecule has 0 aliphatic rings. The SMILES string of the molecule is N#CCC(=O)Nc1ccccc1NC(=O)c1ccc2ccccc2n1. The summed E-state index contributed by atoms with van der Waals surface area (Å²) in [5, 5.41) is 14.9. The third-order valence-corrected chi connectivity index (χ3v) is 3.52. The number of hydrogen-bond acceptors (Lipinski definition) is 4. The molecule has 3 rings (SSSR count). The molecule has 122 valence electrons. The molecule has 0 fully saturated rings. The quantitative estimate of drug-likeness (QED) is 0.767. The maximum Gasteiger partial charge on any atom is 0.274 e. The highest BCUT2D eigenvalue weighted by Gasteiger charge is 2.12. The van der Waals surface area contributed by atoms with Crippen LogP contribution in [-0.2, 0) is 4.79 Å². The van der Waals surface area contributed by atoms with Crippen molar-refractivity contribution in [2.75, 3.05) is 10.6 Å². The van der Waals surface area contributed by atoms with Crippen molar-refractivity contribution in [1.82, 2.24) is 4.98 Å². The number of para-hydroxylation sites is 3. The molecule has 0 spiro atoms. The first kappa shape index (κ1) is 16.1. The standard InChI is InChI=1S/C19H14N4O2/c20-12-11-18(24)22-15-7-3-4-8-16(15)23-19(25)17-10-9-13-5-1-2-6-14(13)21-17/h1-10H,11H2,(H,22,24)(H,23,25). The van der Waals surface area contributed by atoms with Crippen LogP contribution < -0.4 is 10.6 Å². The van der Waals surface area contributed by atoms with E-state index in [2.05, 4.69) is 15.6 Å². The van der Waals surface area contributed by atoms with Crippen LogP contribution >= 0.6 is 0 Å². The number of hydrogen-bond donors (Lipinski definition) is 2. The third kappa shape index (κ3) is 3.79. The molecule has 1 heterocycles. The summed E-state index contributed by atoms with van der Waals surface area (Å²) in [6.45, 7) is 0. The van der Waals surface area contributed by atoms with Crippen molar-refractivity contribution < 1.29 is 9.59 Å². The summed E-state index contributed by atoms with van der Waals surface area (Å²) in [6.07, 6.45) is -0.255. The lowest BCUT2D eigenvalue weighted by molar-refractivity contribution is -0.115. The maximum absolute atomic E-state index is 12.5. The van der Waals surface area contributed by atoms with E-state index in [9.17, 15) is 9.59 Å². The fourth-order valence-electron chi connectivity index (χ4n) is 2.35. The molecule has 1 aromatic heterocycles. The molecule has 0 radical (unpaired) electrons. The fraction of sp³-hybridized carbons (Fsp3) is 0.0526. The fourth-order valence-corrected chi connectivity index (χ4v) is 2.35. The first-order chi connectivity index (χ1) is 12.2. The van der Waals surface area contributed by atoms with E-state index >= 15 is 0 Å². The smallest absolute Gasteiger partial charge is 0.274 e. The van der Waals surface area contributed by atoms with Crippen molar-refractivity contribution >= 4 is 34.1 Å². The highest BCUT2D eigenvalue weighted by molar-refractivity contribution is 6.07. The molecule has 0 saturated carbocycles. The normalized spacial score (nSPS) is 10.0. The van der Waals surface area contributed by atoms with E-state index in [0.717, 1.165) is 10.9 Å². The molecule has 6 heteroatoms. The van der Waals surface area contributed by atoms with E-state index in [1.165, 1.54) is 0 Å². The van der Waals surface area contributed by atoms with Gasteiger partial charge in [-0.2, -0.15) is 5.26 Å². The topological polar surface area (TPSA) is 94.9 Å². The molecule has 0 bridgehead atoms. The van der Waals surface area contributed by atoms with Crippen LogP contribution in [0.25, 0.3) is 10.9 Å². The number of benzene rings is 2. The van der Waals surface area contributed by atoms with Crippen LogP contribution in [0.2, 0.25) is 0 Å². The average Bonchev–Trinajstić information content (AvgIpc) is 2.63. The second-order valence-corrected chi connectivity index (χ2v) is 5.27. The lowest BCUT2D eigenvalue weighted by Crippen LogP contribution is -2.17. The molecule has 0 saturated heterocycles. The number of carbonyl (C=O) groups is 2. The molecule has 6 nitrogen and oxygen atoms in total. The minimum atomic E-state index is -0.437. The Morgan fingerprint density at radius 2 is 1.60 bits per heavy atom. The summed E-state index contributed by atoms with van der Waals surface area (Å²) in [5.74, 6) is -0.819. The van der Waals surface area contributed by atoms with Gasteiger partial charge >= 0.3 is 0 Å². The van der Waals surface area contributed by atoms with Crippen LogP contribution in [0.15, 0.2) is 60.7 Å². The second-order valence-electron chi connectivity index (χ2n) is 5.27. The number of nitriles is 1. The lowest BCUT2D eigenvalue weighted by atomic mass is 10.2. The Kier molecular flexibility index (Phi) is 4.67. The average molecular weight is 330 g/mol. The summed E-state index contributed by atoms with van der Waals surface area (Å²) in [5.41, 5.74) is 1.87. The van der Waals surface area contributed by atoms with Crippen molar-refractivity contribution in [3.8, 4) is 6.07 Å². The summed E-state index contributed by atoms with van der Waals surface area (Å²) in [4.78, 5) is 28.4. The summed E-state index contributed by atoms with van der Waals surface area (Å²) < 4.78 is 0. The van der Waals surface area contributed by atoms with Crippen LogP contribution in [-0.4, -0.2) is 16.8 Å². The number of amides is 2. The van der Waals surface area contributed by atoms with Gasteiger partial charge in [-0.25, -0.2) is 4.98 Å². The highest BCUT2D eigenvalue weighted by atomic mass is 16.2. The van der Waals surface area contributed by atoms with Gasteiger partial charge in [0, 0.05) is 5.39 Å². The Hall–Kier alpha value is -3.72. The largest absolute Gasteiger partial charge is 0.323 e. The molecule has 2 N–H and O–H groups in total. The van der Waals surface area contributed by atoms with Gasteiger partial charge in [-0.15, -0.1) is 0 Å². The van der Waals surface area contributed by atoms with Crippen LogP contribution in [0.5, 0.6) is 0 Å². The highest BCUT2D eigenvalue weighted by Crippen LogP contribution is 2.22. The number of anilines is 2. The van der Waals surface area contributed by atoms with E-state index in [4.69, 9.17) is 5.26 Å². The van der Waals surface area contributed by atoms with Crippen molar-refractivity contribution in [1.29, 1.82) is 5.26 Å². The Morgan fingerprint density at radius 1 is 0.920 bits per heavy atom. The summed E-state index contributed by atoms with van der Waals surface area (Å²) in [6, 6.07) is 19.6. The third-order valence-electron chi connectivity index (χ3n) is 3.52. The van der Waals surface area contributed by atoms with Gasteiger partial charge in [0.1, 0.15) is 12.1 Å². The minimum absolute atomic E-state index is 0.255. The molecule has 0 atom stereocenters. The molecule has 25 heavy (non-hydrogen) atoms. The van der Waals surface area contributed by atoms with Crippen molar-refractivity contribution in [3.05, 3.63) is 66.4 Å². The predicted octanol–water partition coefficient (Wildman–Crippen LogP) is 3.34. The number of carbonyl (C=O) groups excluding carboxylic acids is 2. The zero-order chi connectivity index (χ0) is 17.6. The molecular formula is C19H14N4O2. The molecule has 0 aliphatic carbocycles. The maximum atomic E-state index is 12.5. The van der Waals surface area contributed by atoms with Gasteiger partial charge in [0.15, 0.2) is 0 Å². The molecule has 3 aromatic rings. The van der Waals surface area contributed by atoms with Crippen LogP contribution in [0, 0.1) is 11.3 Å². The van der Waals surface area contributed by atoms with E-state index < -0.39 is 5.91 Å². The van der Waals surface area contributed by atoms with Crippen LogP contribution in [0.1, 0.15) is 16.9 Å². The number of rotatable bonds is 4. The predicted molar refractivity (Wildman–Crippen MR) is 95.0 cm³/mol. The van der Waals surface area contributed by atoms with Crippen LogP contribution in [0.4, 0.5) is 11.4 Å². The molecular weight excluding hydrogens is 316 g/mol. The van der Waals surface area contributed by atoms with Gasteiger partial charge in [0.25, 0.3) is 5.91 Å². The van der Waals surface area contributed by atoms with Gasteiger partial charge < -0.3 is 10.6 Å². The zero-order valence-electron chi connectivity index (χ0n) is 13.2. The number of pyridine rings is 1. The van der Waals surface area contributed by atoms with Gasteiger partial charge in [-0.05, 0) is 24.3 Å². The summed E-state index contributed by atoms with van der Waals surface area (Å²) >= 11 is 0. The van der Waals surface area contributed by atoms with E-state index in [0.29, 0.717) is 11.4 Å². The van der Waals surface area contributed by atoms with Crippen molar-refractivity contribution in [2.24, 2.45) is 0 Å². The van der Waals surface area contributed by atoms with E-state index in [1.807, 2.05) is 30.3 Å². The minimum Gasteiger partial charge on any atom is -0.323 e. The van der Waals surface area contributed by atoms with Crippen molar-refractivity contribution in [3.63, 3.8) is 0 Å². The van der Waals surface area contributed by atoms with Gasteiger partial charge in [0.05, 0.1) is 23.0 Å². The molecule has 2 amide bonds. The summed E-state index contributed by atoms with van der Waals surface area (Å²) in [7, 11) is 0. The van der Waals surface area contributed by atoms with Gasteiger partial charge in [-0.1, -0.05) is 36.4 Å².